The first kappa shape index (κ1) is 23.5. The summed E-state index contributed by atoms with van der Waals surface area (Å²) in [6, 6.07) is 41.6. The minimum atomic E-state index is 0.656. The summed E-state index contributed by atoms with van der Waals surface area (Å²) < 4.78 is 3.41. The summed E-state index contributed by atoms with van der Waals surface area (Å²) in [5.74, 6) is 1.98. The molecule has 4 nitrogen and oxygen atoms in total. The summed E-state index contributed by atoms with van der Waals surface area (Å²) in [4.78, 5) is 14.6. The minimum Gasteiger partial charge on any atom is -0.309 e. The molecule has 0 atom stereocenters. The molecule has 5 aromatic carbocycles. The van der Waals surface area contributed by atoms with E-state index in [9.17, 15) is 0 Å². The zero-order valence-electron chi connectivity index (χ0n) is 21.2. The van der Waals surface area contributed by atoms with Crippen LogP contribution in [0.1, 0.15) is 5.56 Å². The zero-order chi connectivity index (χ0) is 26.3. The van der Waals surface area contributed by atoms with Crippen molar-refractivity contribution < 1.29 is 0 Å². The molecule has 0 aliphatic heterocycles. The van der Waals surface area contributed by atoms with Crippen LogP contribution in [-0.2, 0) is 0 Å². The van der Waals surface area contributed by atoms with Crippen molar-refractivity contribution in [1.29, 1.82) is 0 Å². The maximum Gasteiger partial charge on any atom is 0.164 e. The summed E-state index contributed by atoms with van der Waals surface area (Å²) in [7, 11) is 0. The fraction of sp³-hybridized carbons (Fsp3) is 0.0294. The van der Waals surface area contributed by atoms with E-state index in [-0.39, 0.29) is 0 Å². The quantitative estimate of drug-likeness (QED) is 0.213. The molecule has 0 bridgehead atoms. The van der Waals surface area contributed by atoms with Gasteiger partial charge in [-0.25, -0.2) is 15.0 Å². The van der Waals surface area contributed by atoms with Crippen LogP contribution in [0.4, 0.5) is 0 Å². The lowest BCUT2D eigenvalue weighted by Crippen LogP contribution is -2.01. The lowest BCUT2D eigenvalue weighted by Gasteiger charge is -2.13. The van der Waals surface area contributed by atoms with Crippen molar-refractivity contribution in [1.82, 2.24) is 19.5 Å². The highest BCUT2D eigenvalue weighted by Crippen LogP contribution is 2.35. The summed E-state index contributed by atoms with van der Waals surface area (Å²) in [6.07, 6.45) is 0. The second kappa shape index (κ2) is 9.61. The Balaban J connectivity index is 1.40. The van der Waals surface area contributed by atoms with Crippen LogP contribution in [0.3, 0.4) is 0 Å². The SMILES string of the molecule is Cc1cc(-c2nc(-c3ccccc3)nc(-c3ccccc3)n2)ccc1-n1c2ccccc2c2cc(Br)ccc21. The van der Waals surface area contributed by atoms with Gasteiger partial charge in [0, 0.05) is 37.6 Å². The van der Waals surface area contributed by atoms with Gasteiger partial charge in [0.15, 0.2) is 17.5 Å². The van der Waals surface area contributed by atoms with Gasteiger partial charge in [0.2, 0.25) is 0 Å². The molecule has 0 saturated carbocycles. The van der Waals surface area contributed by atoms with Crippen molar-refractivity contribution >= 4 is 37.7 Å². The molecule has 7 rings (SSSR count). The van der Waals surface area contributed by atoms with Gasteiger partial charge in [-0.3, -0.25) is 0 Å². The first-order valence-electron chi connectivity index (χ1n) is 12.8. The van der Waals surface area contributed by atoms with Crippen molar-refractivity contribution in [3.05, 3.63) is 131 Å². The molecule has 0 unspecified atom stereocenters. The van der Waals surface area contributed by atoms with Gasteiger partial charge in [-0.2, -0.15) is 0 Å². The van der Waals surface area contributed by atoms with Crippen LogP contribution in [-0.4, -0.2) is 19.5 Å². The Labute approximate surface area is 234 Å². The van der Waals surface area contributed by atoms with Crippen molar-refractivity contribution in [2.45, 2.75) is 6.92 Å². The Morgan fingerprint density at radius 3 is 1.72 bits per heavy atom. The van der Waals surface area contributed by atoms with E-state index in [2.05, 4.69) is 88.1 Å². The van der Waals surface area contributed by atoms with Crippen LogP contribution in [0.15, 0.2) is 126 Å². The molecule has 0 fully saturated rings. The molecule has 7 aromatic rings. The normalized spacial score (nSPS) is 11.3. The smallest absolute Gasteiger partial charge is 0.164 e. The highest BCUT2D eigenvalue weighted by Gasteiger charge is 2.16. The number of aromatic nitrogens is 4. The van der Waals surface area contributed by atoms with Crippen molar-refractivity contribution in [3.63, 3.8) is 0 Å². The zero-order valence-corrected chi connectivity index (χ0v) is 22.8. The monoisotopic (exact) mass is 566 g/mol. The average molecular weight is 567 g/mol. The number of hydrogen-bond donors (Lipinski definition) is 0. The highest BCUT2D eigenvalue weighted by atomic mass is 79.9. The maximum absolute atomic E-state index is 4.91. The third-order valence-electron chi connectivity index (χ3n) is 7.03. The number of benzene rings is 5. The molecule has 2 aromatic heterocycles. The van der Waals surface area contributed by atoms with Gasteiger partial charge in [0.05, 0.1) is 11.0 Å². The average Bonchev–Trinajstić information content (AvgIpc) is 3.31. The molecule has 0 radical (unpaired) electrons. The summed E-state index contributed by atoms with van der Waals surface area (Å²) >= 11 is 3.65. The number of para-hydroxylation sites is 1. The van der Waals surface area contributed by atoms with E-state index >= 15 is 0 Å². The Hall–Kier alpha value is -4.61. The molecule has 39 heavy (non-hydrogen) atoms. The topological polar surface area (TPSA) is 43.6 Å². The second-order valence-electron chi connectivity index (χ2n) is 9.55. The molecule has 0 saturated heterocycles. The van der Waals surface area contributed by atoms with E-state index < -0.39 is 0 Å². The standard InChI is InChI=1S/C34H23BrN4/c1-22-20-25(16-18-29(22)39-30-15-9-8-14-27(30)28-21-26(35)17-19-31(28)39)34-37-32(23-10-4-2-5-11-23)36-33(38-34)24-12-6-3-7-13-24/h2-21H,1H3. The van der Waals surface area contributed by atoms with Crippen molar-refractivity contribution in [2.24, 2.45) is 0 Å². The maximum atomic E-state index is 4.91. The van der Waals surface area contributed by atoms with Crippen LogP contribution >= 0.6 is 15.9 Å². The van der Waals surface area contributed by atoms with Crippen molar-refractivity contribution in [3.8, 4) is 39.9 Å². The third-order valence-corrected chi connectivity index (χ3v) is 7.52. The van der Waals surface area contributed by atoms with Gasteiger partial charge in [0.1, 0.15) is 0 Å². The van der Waals surface area contributed by atoms with Gasteiger partial charge in [-0.15, -0.1) is 0 Å². The number of hydrogen-bond acceptors (Lipinski definition) is 3. The van der Waals surface area contributed by atoms with Gasteiger partial charge in [0.25, 0.3) is 0 Å². The molecule has 0 N–H and O–H groups in total. The van der Waals surface area contributed by atoms with Gasteiger partial charge >= 0.3 is 0 Å². The molecular formula is C34H23BrN4. The van der Waals surface area contributed by atoms with Crippen LogP contribution in [0, 0.1) is 6.92 Å². The molecule has 0 spiro atoms. The highest BCUT2D eigenvalue weighted by molar-refractivity contribution is 9.10. The number of aryl methyl sites for hydroxylation is 1. The lowest BCUT2D eigenvalue weighted by molar-refractivity contribution is 1.07. The van der Waals surface area contributed by atoms with Gasteiger partial charge < -0.3 is 4.57 Å². The fourth-order valence-electron chi connectivity index (χ4n) is 5.19. The number of rotatable bonds is 4. The fourth-order valence-corrected chi connectivity index (χ4v) is 5.55. The van der Waals surface area contributed by atoms with Crippen LogP contribution < -0.4 is 0 Å². The molecular weight excluding hydrogens is 544 g/mol. The first-order valence-corrected chi connectivity index (χ1v) is 13.6. The molecule has 2 heterocycles. The van der Waals surface area contributed by atoms with Crippen LogP contribution in [0.25, 0.3) is 61.7 Å². The Kier molecular flexibility index (Phi) is 5.79. The first-order chi connectivity index (χ1) is 19.2. The molecule has 0 aliphatic rings. The van der Waals surface area contributed by atoms with Gasteiger partial charge in [-0.05, 0) is 55.0 Å². The third kappa shape index (κ3) is 4.21. The van der Waals surface area contributed by atoms with E-state index in [4.69, 9.17) is 15.0 Å². The lowest BCUT2D eigenvalue weighted by atomic mass is 10.1. The van der Waals surface area contributed by atoms with E-state index in [0.717, 1.165) is 32.4 Å². The Morgan fingerprint density at radius 1 is 0.513 bits per heavy atom. The molecule has 5 heteroatoms. The van der Waals surface area contributed by atoms with Crippen LogP contribution in [0.5, 0.6) is 0 Å². The summed E-state index contributed by atoms with van der Waals surface area (Å²) in [5.41, 5.74) is 7.50. The molecule has 0 amide bonds. The largest absolute Gasteiger partial charge is 0.309 e. The predicted molar refractivity (Wildman–Crippen MR) is 163 cm³/mol. The summed E-state index contributed by atoms with van der Waals surface area (Å²) in [6.45, 7) is 2.15. The van der Waals surface area contributed by atoms with E-state index in [1.807, 2.05) is 60.7 Å². The molecule has 186 valence electrons. The molecule has 0 aliphatic carbocycles. The van der Waals surface area contributed by atoms with Crippen LogP contribution in [0.2, 0.25) is 0 Å². The van der Waals surface area contributed by atoms with E-state index in [1.54, 1.807) is 0 Å². The summed E-state index contributed by atoms with van der Waals surface area (Å²) in [5, 5.41) is 2.45. The van der Waals surface area contributed by atoms with E-state index in [0.29, 0.717) is 17.5 Å². The minimum absolute atomic E-state index is 0.656. The van der Waals surface area contributed by atoms with Gasteiger partial charge in [-0.1, -0.05) is 94.8 Å². The Morgan fingerprint density at radius 2 is 1.08 bits per heavy atom. The Bertz CT molecular complexity index is 1920. The number of nitrogens with zero attached hydrogens (tertiary/aromatic N) is 4. The van der Waals surface area contributed by atoms with E-state index in [1.165, 1.54) is 21.8 Å². The predicted octanol–water partition coefficient (Wildman–Crippen LogP) is 9.04. The number of halogens is 1. The second-order valence-corrected chi connectivity index (χ2v) is 10.5. The number of fused-ring (bicyclic) bond motifs is 3. The van der Waals surface area contributed by atoms with Crippen molar-refractivity contribution in [2.75, 3.05) is 0 Å².